The van der Waals surface area contributed by atoms with Crippen LogP contribution in [0.25, 0.3) is 0 Å². The lowest BCUT2D eigenvalue weighted by atomic mass is 9.70. The van der Waals surface area contributed by atoms with Crippen LogP contribution < -0.4 is 0 Å². The summed E-state index contributed by atoms with van der Waals surface area (Å²) in [6, 6.07) is 18.2. The molecule has 0 saturated carbocycles. The van der Waals surface area contributed by atoms with Gasteiger partial charge in [-0.1, -0.05) is 96.5 Å². The van der Waals surface area contributed by atoms with Crippen molar-refractivity contribution in [3.63, 3.8) is 0 Å². The summed E-state index contributed by atoms with van der Waals surface area (Å²) in [7, 11) is 0. The minimum Gasteiger partial charge on any atom is -0.505 e. The quantitative estimate of drug-likeness (QED) is 0.313. The average molecular weight is 507 g/mol. The molecule has 0 aliphatic heterocycles. The van der Waals surface area contributed by atoms with Gasteiger partial charge in [0.15, 0.2) is 0 Å². The average Bonchev–Trinajstić information content (AvgIpc) is 2.77. The fourth-order valence-corrected chi connectivity index (χ4v) is 4.99. The lowest BCUT2D eigenvalue weighted by Gasteiger charge is -2.35. The Morgan fingerprint density at radius 2 is 1.44 bits per heavy atom. The van der Waals surface area contributed by atoms with Gasteiger partial charge in [-0.15, -0.1) is 10.2 Å². The van der Waals surface area contributed by atoms with Gasteiger partial charge in [0.2, 0.25) is 0 Å². The molecule has 6 heteroatoms. The van der Waals surface area contributed by atoms with E-state index in [9.17, 15) is 15.0 Å². The number of phenolic OH excluding ortho intramolecular Hbond substituents is 1. The molecule has 3 aromatic carbocycles. The zero-order valence-corrected chi connectivity index (χ0v) is 22.8. The van der Waals surface area contributed by atoms with Gasteiger partial charge in [0, 0.05) is 11.0 Å². The van der Waals surface area contributed by atoms with Gasteiger partial charge in [0.1, 0.15) is 17.1 Å². The van der Waals surface area contributed by atoms with Gasteiger partial charge in [-0.3, -0.25) is 0 Å². The van der Waals surface area contributed by atoms with Gasteiger partial charge in [-0.05, 0) is 52.6 Å². The van der Waals surface area contributed by atoms with E-state index < -0.39 is 11.4 Å². The van der Waals surface area contributed by atoms with Crippen LogP contribution in [-0.2, 0) is 10.8 Å². The van der Waals surface area contributed by atoms with E-state index in [4.69, 9.17) is 11.6 Å². The molecule has 5 nitrogen and oxygen atoms in total. The number of aromatic carboxylic acids is 1. The molecule has 0 aliphatic carbocycles. The van der Waals surface area contributed by atoms with E-state index >= 15 is 0 Å². The summed E-state index contributed by atoms with van der Waals surface area (Å²) >= 11 is 6.26. The van der Waals surface area contributed by atoms with Crippen molar-refractivity contribution in [2.45, 2.75) is 65.7 Å². The molecule has 0 aliphatic rings. The molecule has 0 aromatic heterocycles. The molecular weight excluding hydrogens is 472 g/mol. The predicted molar refractivity (Wildman–Crippen MR) is 146 cm³/mol. The molecule has 2 N–H and O–H groups in total. The molecular formula is C30H35ClN2O3. The van der Waals surface area contributed by atoms with Crippen LogP contribution >= 0.6 is 11.6 Å². The first-order valence-corrected chi connectivity index (χ1v) is 12.4. The van der Waals surface area contributed by atoms with Crippen LogP contribution in [0.2, 0.25) is 5.02 Å². The summed E-state index contributed by atoms with van der Waals surface area (Å²) in [5.41, 5.74) is 2.80. The van der Waals surface area contributed by atoms with Crippen molar-refractivity contribution >= 4 is 28.9 Å². The number of halogens is 1. The summed E-state index contributed by atoms with van der Waals surface area (Å²) in [5, 5.41) is 29.6. The van der Waals surface area contributed by atoms with E-state index in [1.807, 2.05) is 36.4 Å². The normalized spacial score (nSPS) is 12.8. The third kappa shape index (κ3) is 6.14. The maximum atomic E-state index is 11.4. The SMILES string of the molecule is CC(C)(C)CC(C)(C)c1cc(N=Nc2cc(C(=O)O)ccc2Cl)c(O)c(C(C)(C)c2ccccc2)c1. The highest BCUT2D eigenvalue weighted by Crippen LogP contribution is 2.46. The Labute approximate surface area is 218 Å². The highest BCUT2D eigenvalue weighted by atomic mass is 35.5. The van der Waals surface area contributed by atoms with E-state index in [1.54, 1.807) is 0 Å². The van der Waals surface area contributed by atoms with Gasteiger partial charge in [0.05, 0.1) is 10.6 Å². The third-order valence-electron chi connectivity index (χ3n) is 6.47. The summed E-state index contributed by atoms with van der Waals surface area (Å²) in [5.74, 6) is -1.04. The van der Waals surface area contributed by atoms with Crippen molar-refractivity contribution in [2.75, 3.05) is 0 Å². The van der Waals surface area contributed by atoms with E-state index in [0.717, 1.165) is 23.1 Å². The monoisotopic (exact) mass is 506 g/mol. The van der Waals surface area contributed by atoms with Crippen LogP contribution in [0.1, 0.15) is 81.9 Å². The van der Waals surface area contributed by atoms with Crippen LogP contribution in [0.4, 0.5) is 11.4 Å². The number of benzene rings is 3. The van der Waals surface area contributed by atoms with E-state index in [-0.39, 0.29) is 32.9 Å². The molecule has 0 bridgehead atoms. The minimum absolute atomic E-state index is 0.0356. The first-order valence-electron chi connectivity index (χ1n) is 12.0. The number of phenols is 1. The number of azo groups is 1. The first-order chi connectivity index (χ1) is 16.6. The molecule has 190 valence electrons. The van der Waals surface area contributed by atoms with Crippen molar-refractivity contribution in [2.24, 2.45) is 15.6 Å². The zero-order chi connectivity index (χ0) is 26.9. The molecule has 36 heavy (non-hydrogen) atoms. The number of hydrogen-bond acceptors (Lipinski definition) is 4. The Balaban J connectivity index is 2.22. The van der Waals surface area contributed by atoms with Gasteiger partial charge in [-0.25, -0.2) is 4.79 Å². The summed E-state index contributed by atoms with van der Waals surface area (Å²) in [6.45, 7) is 15.2. The molecule has 0 spiro atoms. The molecule has 0 atom stereocenters. The van der Waals surface area contributed by atoms with Crippen molar-refractivity contribution in [3.05, 3.63) is 87.9 Å². The Morgan fingerprint density at radius 3 is 2.03 bits per heavy atom. The fraction of sp³-hybridized carbons (Fsp3) is 0.367. The molecule has 0 amide bonds. The predicted octanol–water partition coefficient (Wildman–Crippen LogP) is 9.20. The standard InChI is InChI=1S/C30H35ClN2O3/c1-28(2,3)18-29(4,5)21-16-22(30(6,7)20-11-9-8-10-12-20)26(34)25(17-21)33-32-24-15-19(27(35)36)13-14-23(24)31/h8-17,34H,18H2,1-7H3,(H,35,36). The second kappa shape index (κ2) is 10.1. The molecule has 0 fully saturated rings. The Morgan fingerprint density at radius 1 is 0.833 bits per heavy atom. The first kappa shape index (κ1) is 27.4. The van der Waals surface area contributed by atoms with Gasteiger partial charge >= 0.3 is 5.97 Å². The lowest BCUT2D eigenvalue weighted by molar-refractivity contribution is 0.0697. The number of carbonyl (C=O) groups is 1. The summed E-state index contributed by atoms with van der Waals surface area (Å²) in [6.07, 6.45) is 0.916. The highest BCUT2D eigenvalue weighted by Gasteiger charge is 2.33. The van der Waals surface area contributed by atoms with Crippen LogP contribution in [0.5, 0.6) is 5.75 Å². The number of nitrogens with zero attached hydrogens (tertiary/aromatic N) is 2. The van der Waals surface area contributed by atoms with E-state index in [2.05, 4.69) is 64.8 Å². The number of hydrogen-bond donors (Lipinski definition) is 2. The van der Waals surface area contributed by atoms with Crippen molar-refractivity contribution < 1.29 is 15.0 Å². The molecule has 0 radical (unpaired) electrons. The highest BCUT2D eigenvalue weighted by molar-refractivity contribution is 6.33. The smallest absolute Gasteiger partial charge is 0.335 e. The third-order valence-corrected chi connectivity index (χ3v) is 6.79. The van der Waals surface area contributed by atoms with Crippen LogP contribution in [-0.4, -0.2) is 16.2 Å². The van der Waals surface area contributed by atoms with E-state index in [0.29, 0.717) is 5.69 Å². The Bertz CT molecular complexity index is 1290. The number of carboxylic acid groups (broad SMARTS) is 1. The van der Waals surface area contributed by atoms with Crippen LogP contribution in [0.15, 0.2) is 70.9 Å². The lowest BCUT2D eigenvalue weighted by Crippen LogP contribution is -2.26. The fourth-order valence-electron chi connectivity index (χ4n) is 4.83. The molecule has 0 saturated heterocycles. The second-order valence-electron chi connectivity index (χ2n) is 11.7. The molecule has 3 aromatic rings. The zero-order valence-electron chi connectivity index (χ0n) is 22.1. The number of carboxylic acids is 1. The Hall–Kier alpha value is -3.18. The number of aromatic hydroxyl groups is 1. The van der Waals surface area contributed by atoms with Gasteiger partial charge < -0.3 is 10.2 Å². The molecule has 0 heterocycles. The maximum Gasteiger partial charge on any atom is 0.335 e. The maximum absolute atomic E-state index is 11.4. The van der Waals surface area contributed by atoms with Gasteiger partial charge in [0.25, 0.3) is 0 Å². The molecule has 0 unspecified atom stereocenters. The van der Waals surface area contributed by atoms with Crippen molar-refractivity contribution in [1.82, 2.24) is 0 Å². The largest absolute Gasteiger partial charge is 0.505 e. The Kier molecular flexibility index (Phi) is 7.66. The van der Waals surface area contributed by atoms with Crippen LogP contribution in [0, 0.1) is 5.41 Å². The summed E-state index contributed by atoms with van der Waals surface area (Å²) in [4.78, 5) is 11.4. The van der Waals surface area contributed by atoms with Crippen molar-refractivity contribution in [1.29, 1.82) is 0 Å². The minimum atomic E-state index is -1.08. The van der Waals surface area contributed by atoms with Crippen LogP contribution in [0.3, 0.4) is 0 Å². The topological polar surface area (TPSA) is 82.2 Å². The van der Waals surface area contributed by atoms with E-state index in [1.165, 1.54) is 18.2 Å². The number of rotatable bonds is 7. The molecule has 3 rings (SSSR count). The van der Waals surface area contributed by atoms with Gasteiger partial charge in [-0.2, -0.15) is 0 Å². The second-order valence-corrected chi connectivity index (χ2v) is 12.1. The van der Waals surface area contributed by atoms with Crippen molar-refractivity contribution in [3.8, 4) is 5.75 Å². The summed E-state index contributed by atoms with van der Waals surface area (Å²) < 4.78 is 0.